The van der Waals surface area contributed by atoms with Gasteiger partial charge in [-0.3, -0.25) is 10.5 Å². The van der Waals surface area contributed by atoms with Crippen LogP contribution in [-0.4, -0.2) is 16.9 Å². The standard InChI is InChI=1S/C14H18BrFN4O/c1-3-6-20-14(10(15)8-18-20)13(19-17)9-4-5-11(16)12(7-9)21-2/h4-5,7-8,13,19H,3,6,17H2,1-2H3. The summed E-state index contributed by atoms with van der Waals surface area (Å²) in [7, 11) is 1.43. The van der Waals surface area contributed by atoms with Crippen LogP contribution in [-0.2, 0) is 6.54 Å². The van der Waals surface area contributed by atoms with Gasteiger partial charge in [-0.2, -0.15) is 5.10 Å². The molecule has 114 valence electrons. The fourth-order valence-corrected chi connectivity index (χ4v) is 2.76. The molecule has 1 atom stereocenters. The highest BCUT2D eigenvalue weighted by Crippen LogP contribution is 2.31. The van der Waals surface area contributed by atoms with Gasteiger partial charge in [0.1, 0.15) is 0 Å². The molecule has 0 amide bonds. The van der Waals surface area contributed by atoms with Crippen LogP contribution < -0.4 is 16.0 Å². The number of nitrogens with two attached hydrogens (primary N) is 1. The van der Waals surface area contributed by atoms with Crippen molar-refractivity contribution in [1.82, 2.24) is 15.2 Å². The van der Waals surface area contributed by atoms with Crippen molar-refractivity contribution in [2.24, 2.45) is 5.84 Å². The maximum atomic E-state index is 13.6. The van der Waals surface area contributed by atoms with Gasteiger partial charge in [-0.25, -0.2) is 9.82 Å². The van der Waals surface area contributed by atoms with Crippen LogP contribution in [0.2, 0.25) is 0 Å². The average Bonchev–Trinajstić information content (AvgIpc) is 2.83. The molecule has 0 aliphatic rings. The maximum absolute atomic E-state index is 13.6. The predicted molar refractivity (Wildman–Crippen MR) is 82.3 cm³/mol. The van der Waals surface area contributed by atoms with Crippen LogP contribution in [0.4, 0.5) is 4.39 Å². The molecule has 0 aliphatic heterocycles. The quantitative estimate of drug-likeness (QED) is 0.616. The fourth-order valence-electron chi connectivity index (χ4n) is 2.24. The highest BCUT2D eigenvalue weighted by Gasteiger charge is 2.22. The average molecular weight is 357 g/mol. The summed E-state index contributed by atoms with van der Waals surface area (Å²) in [5.41, 5.74) is 4.46. The molecule has 1 heterocycles. The largest absolute Gasteiger partial charge is 0.494 e. The molecule has 7 heteroatoms. The molecular weight excluding hydrogens is 339 g/mol. The lowest BCUT2D eigenvalue weighted by Crippen LogP contribution is -2.31. The van der Waals surface area contributed by atoms with Gasteiger partial charge in [-0.1, -0.05) is 13.0 Å². The lowest BCUT2D eigenvalue weighted by atomic mass is 10.0. The number of methoxy groups -OCH3 is 1. The van der Waals surface area contributed by atoms with Crippen molar-refractivity contribution in [1.29, 1.82) is 0 Å². The van der Waals surface area contributed by atoms with Crippen molar-refractivity contribution in [2.45, 2.75) is 25.9 Å². The van der Waals surface area contributed by atoms with Gasteiger partial charge < -0.3 is 4.74 Å². The van der Waals surface area contributed by atoms with Crippen molar-refractivity contribution in [3.05, 3.63) is 45.9 Å². The van der Waals surface area contributed by atoms with E-state index in [1.54, 1.807) is 18.3 Å². The summed E-state index contributed by atoms with van der Waals surface area (Å²) in [5, 5.41) is 4.33. The lowest BCUT2D eigenvalue weighted by Gasteiger charge is -2.19. The smallest absolute Gasteiger partial charge is 0.165 e. The number of rotatable bonds is 6. The summed E-state index contributed by atoms with van der Waals surface area (Å²) in [6.45, 7) is 2.85. The van der Waals surface area contributed by atoms with Crippen LogP contribution in [0, 0.1) is 5.82 Å². The number of halogens is 2. The Morgan fingerprint density at radius 2 is 2.29 bits per heavy atom. The van der Waals surface area contributed by atoms with E-state index in [2.05, 4.69) is 33.4 Å². The molecule has 0 aliphatic carbocycles. The van der Waals surface area contributed by atoms with Crippen molar-refractivity contribution in [3.8, 4) is 5.75 Å². The van der Waals surface area contributed by atoms with Gasteiger partial charge in [0, 0.05) is 6.54 Å². The van der Waals surface area contributed by atoms with Crippen LogP contribution in [0.3, 0.4) is 0 Å². The fraction of sp³-hybridized carbons (Fsp3) is 0.357. The van der Waals surface area contributed by atoms with E-state index < -0.39 is 5.82 Å². The van der Waals surface area contributed by atoms with Gasteiger partial charge >= 0.3 is 0 Å². The molecule has 0 spiro atoms. The lowest BCUT2D eigenvalue weighted by molar-refractivity contribution is 0.385. The first-order valence-corrected chi connectivity index (χ1v) is 7.42. The first kappa shape index (κ1) is 15.9. The second-order valence-corrected chi connectivity index (χ2v) is 5.45. The molecule has 21 heavy (non-hydrogen) atoms. The number of nitrogens with one attached hydrogen (secondary N) is 1. The Morgan fingerprint density at radius 1 is 1.52 bits per heavy atom. The number of hydrogen-bond donors (Lipinski definition) is 2. The van der Waals surface area contributed by atoms with Crippen LogP contribution in [0.5, 0.6) is 5.75 Å². The molecule has 1 unspecified atom stereocenters. The van der Waals surface area contributed by atoms with Gasteiger partial charge in [-0.05, 0) is 40.0 Å². The second kappa shape index (κ2) is 7.02. The molecule has 0 fully saturated rings. The molecular formula is C14H18BrFN4O. The molecule has 5 nitrogen and oxygen atoms in total. The number of aryl methyl sites for hydroxylation is 1. The van der Waals surface area contributed by atoms with Gasteiger partial charge in [0.15, 0.2) is 11.6 Å². The van der Waals surface area contributed by atoms with E-state index >= 15 is 0 Å². The van der Waals surface area contributed by atoms with Gasteiger partial charge in [0.2, 0.25) is 0 Å². The summed E-state index contributed by atoms with van der Waals surface area (Å²) >= 11 is 3.49. The molecule has 1 aromatic carbocycles. The number of hydrogen-bond acceptors (Lipinski definition) is 4. The zero-order valence-electron chi connectivity index (χ0n) is 11.9. The predicted octanol–water partition coefficient (Wildman–Crippen LogP) is 2.76. The minimum absolute atomic E-state index is 0.186. The van der Waals surface area contributed by atoms with E-state index in [0.29, 0.717) is 0 Å². The topological polar surface area (TPSA) is 65.1 Å². The first-order valence-electron chi connectivity index (χ1n) is 6.63. The van der Waals surface area contributed by atoms with Crippen molar-refractivity contribution in [3.63, 3.8) is 0 Å². The van der Waals surface area contributed by atoms with E-state index in [-0.39, 0.29) is 11.8 Å². The van der Waals surface area contributed by atoms with Crippen molar-refractivity contribution >= 4 is 15.9 Å². The van der Waals surface area contributed by atoms with Crippen LogP contribution in [0.1, 0.15) is 30.6 Å². The number of hydrazine groups is 1. The van der Waals surface area contributed by atoms with Gasteiger partial charge in [0.25, 0.3) is 0 Å². The highest BCUT2D eigenvalue weighted by molar-refractivity contribution is 9.10. The Kier molecular flexibility index (Phi) is 5.33. The van der Waals surface area contributed by atoms with E-state index in [0.717, 1.165) is 28.7 Å². The van der Waals surface area contributed by atoms with Gasteiger partial charge in [0.05, 0.1) is 29.5 Å². The summed E-state index contributed by atoms with van der Waals surface area (Å²) in [6.07, 6.45) is 2.68. The molecule has 2 rings (SSSR count). The molecule has 2 aromatic rings. The van der Waals surface area contributed by atoms with E-state index in [1.807, 2.05) is 4.68 Å². The monoisotopic (exact) mass is 356 g/mol. The number of aromatic nitrogens is 2. The SMILES string of the molecule is CCCn1ncc(Br)c1C(NN)c1ccc(F)c(OC)c1. The zero-order chi connectivity index (χ0) is 15.4. The molecule has 0 bridgehead atoms. The van der Waals surface area contributed by atoms with Crippen LogP contribution in [0.15, 0.2) is 28.9 Å². The normalized spacial score (nSPS) is 12.4. The molecule has 1 aromatic heterocycles. The van der Waals surface area contributed by atoms with Crippen molar-refractivity contribution < 1.29 is 9.13 Å². The Hall–Kier alpha value is -1.44. The molecule has 0 saturated carbocycles. The second-order valence-electron chi connectivity index (χ2n) is 4.59. The zero-order valence-corrected chi connectivity index (χ0v) is 13.5. The number of benzene rings is 1. The van der Waals surface area contributed by atoms with Crippen molar-refractivity contribution in [2.75, 3.05) is 7.11 Å². The minimum Gasteiger partial charge on any atom is -0.494 e. The minimum atomic E-state index is -0.404. The third-order valence-corrected chi connectivity index (χ3v) is 3.83. The summed E-state index contributed by atoms with van der Waals surface area (Å²) < 4.78 is 21.3. The molecule has 0 saturated heterocycles. The number of nitrogens with zero attached hydrogens (tertiary/aromatic N) is 2. The Bertz CT molecular complexity index is 617. The summed E-state index contributed by atoms with van der Waals surface area (Å²) in [6, 6.07) is 4.36. The molecule has 0 radical (unpaired) electrons. The summed E-state index contributed by atoms with van der Waals surface area (Å²) in [5.74, 6) is 5.49. The third-order valence-electron chi connectivity index (χ3n) is 3.22. The Labute approximate surface area is 131 Å². The van der Waals surface area contributed by atoms with Crippen LogP contribution >= 0.6 is 15.9 Å². The van der Waals surface area contributed by atoms with E-state index in [4.69, 9.17) is 10.6 Å². The van der Waals surface area contributed by atoms with E-state index in [1.165, 1.54) is 13.2 Å². The van der Waals surface area contributed by atoms with Gasteiger partial charge in [-0.15, -0.1) is 0 Å². The number of ether oxygens (including phenoxy) is 1. The molecule has 3 N–H and O–H groups in total. The maximum Gasteiger partial charge on any atom is 0.165 e. The Balaban J connectivity index is 2.47. The first-order chi connectivity index (χ1) is 10.1. The van der Waals surface area contributed by atoms with Crippen LogP contribution in [0.25, 0.3) is 0 Å². The summed E-state index contributed by atoms with van der Waals surface area (Å²) in [4.78, 5) is 0. The third kappa shape index (κ3) is 3.25. The Morgan fingerprint density at radius 3 is 2.90 bits per heavy atom. The highest BCUT2D eigenvalue weighted by atomic mass is 79.9. The van der Waals surface area contributed by atoms with E-state index in [9.17, 15) is 4.39 Å².